The van der Waals surface area contributed by atoms with Crippen molar-refractivity contribution in [3.05, 3.63) is 22.1 Å². The number of carbonyl (C=O) groups is 1. The molecule has 126 valence electrons. The second-order valence-electron chi connectivity index (χ2n) is 4.51. The fraction of sp³-hybridized carbons (Fsp3) is 0.500. The Kier molecular flexibility index (Phi) is 4.98. The van der Waals surface area contributed by atoms with Crippen LogP contribution in [-0.2, 0) is 11.3 Å². The van der Waals surface area contributed by atoms with Gasteiger partial charge in [-0.25, -0.2) is 19.7 Å². The molecule has 0 spiro atoms. The molecule has 2 aromatic heterocycles. The summed E-state index contributed by atoms with van der Waals surface area (Å²) in [6, 6.07) is 0. The first-order valence-corrected chi connectivity index (χ1v) is 7.04. The lowest BCUT2D eigenvalue weighted by Crippen LogP contribution is -2.21. The van der Waals surface area contributed by atoms with E-state index in [1.165, 1.54) is 24.4 Å². The highest BCUT2D eigenvalue weighted by molar-refractivity contribution is 7.09. The van der Waals surface area contributed by atoms with Gasteiger partial charge in [0.25, 0.3) is 0 Å². The summed E-state index contributed by atoms with van der Waals surface area (Å²) in [4.78, 5) is 26.6. The molecule has 1 aliphatic rings. The maximum Gasteiger partial charge on any atom is 0.490 e. The lowest BCUT2D eigenvalue weighted by Gasteiger charge is -1.96. The highest BCUT2D eigenvalue weighted by Gasteiger charge is 2.38. The standard InChI is InChI=1S/C8H10N6OS.C2HF3O2/c15-7-10-5(12-13-7)3-9-8-11-6(14-16-8)4-1-2-4;3-2(4,5)1(6)7/h4H,1-3H2,(H,9,11,14)(H2,10,12,13,15);(H,6,7). The third-order valence-electron chi connectivity index (χ3n) is 2.58. The summed E-state index contributed by atoms with van der Waals surface area (Å²) in [5, 5.41) is 17.1. The molecule has 0 saturated heterocycles. The Hall–Kier alpha value is -2.44. The minimum absolute atomic E-state index is 0.298. The largest absolute Gasteiger partial charge is 0.490 e. The lowest BCUT2D eigenvalue weighted by atomic mass is 10.4. The summed E-state index contributed by atoms with van der Waals surface area (Å²) >= 11 is 1.34. The fourth-order valence-electron chi connectivity index (χ4n) is 1.36. The number of alkyl halides is 3. The van der Waals surface area contributed by atoms with Gasteiger partial charge in [-0.15, -0.1) is 0 Å². The molecule has 0 atom stereocenters. The van der Waals surface area contributed by atoms with Crippen LogP contribution in [0.1, 0.15) is 30.4 Å². The highest BCUT2D eigenvalue weighted by atomic mass is 32.1. The molecular weight excluding hydrogens is 341 g/mol. The Morgan fingerprint density at radius 1 is 1.43 bits per heavy atom. The number of aromatic amines is 2. The van der Waals surface area contributed by atoms with E-state index in [9.17, 15) is 18.0 Å². The molecule has 1 aliphatic carbocycles. The quantitative estimate of drug-likeness (QED) is 0.646. The van der Waals surface area contributed by atoms with Crippen LogP contribution in [0.25, 0.3) is 0 Å². The molecule has 1 saturated carbocycles. The fourth-order valence-corrected chi connectivity index (χ4v) is 2.00. The second kappa shape index (κ2) is 6.76. The lowest BCUT2D eigenvalue weighted by molar-refractivity contribution is -0.192. The Labute approximate surface area is 130 Å². The van der Waals surface area contributed by atoms with E-state index >= 15 is 0 Å². The molecule has 4 N–H and O–H groups in total. The van der Waals surface area contributed by atoms with Crippen molar-refractivity contribution >= 4 is 22.6 Å². The third kappa shape index (κ3) is 5.36. The molecule has 3 rings (SSSR count). The van der Waals surface area contributed by atoms with Gasteiger partial charge in [0.15, 0.2) is 0 Å². The van der Waals surface area contributed by atoms with Gasteiger partial charge in [-0.1, -0.05) is 0 Å². The Morgan fingerprint density at radius 2 is 2.09 bits per heavy atom. The first-order valence-electron chi connectivity index (χ1n) is 6.27. The Balaban J connectivity index is 0.000000236. The van der Waals surface area contributed by atoms with Crippen molar-refractivity contribution in [1.82, 2.24) is 24.5 Å². The molecule has 9 nitrogen and oxygen atoms in total. The second-order valence-corrected chi connectivity index (χ2v) is 5.26. The summed E-state index contributed by atoms with van der Waals surface area (Å²) in [6.45, 7) is 0.443. The first-order chi connectivity index (χ1) is 10.8. The van der Waals surface area contributed by atoms with E-state index in [2.05, 4.69) is 29.9 Å². The van der Waals surface area contributed by atoms with Crippen LogP contribution >= 0.6 is 11.5 Å². The number of rotatable bonds is 4. The number of hydrogen-bond donors (Lipinski definition) is 4. The number of H-pyrrole nitrogens is 2. The number of carboxylic acids is 1. The molecule has 13 heteroatoms. The third-order valence-corrected chi connectivity index (χ3v) is 3.27. The van der Waals surface area contributed by atoms with Crippen molar-refractivity contribution < 1.29 is 23.1 Å². The number of aliphatic carboxylic acids is 1. The van der Waals surface area contributed by atoms with Gasteiger partial charge in [-0.2, -0.15) is 22.6 Å². The van der Waals surface area contributed by atoms with Crippen LogP contribution in [0.2, 0.25) is 0 Å². The minimum Gasteiger partial charge on any atom is -0.475 e. The monoisotopic (exact) mass is 352 g/mol. The van der Waals surface area contributed by atoms with Crippen LogP contribution in [0.15, 0.2) is 4.79 Å². The highest BCUT2D eigenvalue weighted by Crippen LogP contribution is 2.39. The normalized spacial score (nSPS) is 14.0. The van der Waals surface area contributed by atoms with Crippen molar-refractivity contribution in [2.24, 2.45) is 0 Å². The van der Waals surface area contributed by atoms with E-state index in [1.54, 1.807) is 0 Å². The van der Waals surface area contributed by atoms with E-state index in [0.29, 0.717) is 18.3 Å². The van der Waals surface area contributed by atoms with Crippen LogP contribution < -0.4 is 11.0 Å². The minimum atomic E-state index is -5.08. The average Bonchev–Trinajstić information content (AvgIpc) is 3.05. The first kappa shape index (κ1) is 16.9. The molecule has 23 heavy (non-hydrogen) atoms. The average molecular weight is 352 g/mol. The molecule has 0 radical (unpaired) electrons. The summed E-state index contributed by atoms with van der Waals surface area (Å²) in [6.07, 6.45) is -2.69. The van der Waals surface area contributed by atoms with E-state index in [-0.39, 0.29) is 5.69 Å². The zero-order chi connectivity index (χ0) is 17.0. The van der Waals surface area contributed by atoms with Crippen LogP contribution in [0.3, 0.4) is 0 Å². The van der Waals surface area contributed by atoms with Gasteiger partial charge in [0.2, 0.25) is 5.13 Å². The molecule has 0 bridgehead atoms. The zero-order valence-electron chi connectivity index (χ0n) is 11.3. The van der Waals surface area contributed by atoms with Gasteiger partial charge in [0.1, 0.15) is 11.6 Å². The van der Waals surface area contributed by atoms with Gasteiger partial charge < -0.3 is 10.4 Å². The number of nitrogens with one attached hydrogen (secondary N) is 3. The number of anilines is 1. The van der Waals surface area contributed by atoms with Crippen molar-refractivity contribution in [3.8, 4) is 0 Å². The number of carboxylic acid groups (broad SMARTS) is 1. The molecule has 0 aromatic carbocycles. The predicted octanol–water partition coefficient (Wildman–Crippen LogP) is 1.07. The summed E-state index contributed by atoms with van der Waals surface area (Å²) in [7, 11) is 0. The van der Waals surface area contributed by atoms with Gasteiger partial charge in [-0.3, -0.25) is 4.98 Å². The van der Waals surface area contributed by atoms with E-state index in [4.69, 9.17) is 9.90 Å². The van der Waals surface area contributed by atoms with E-state index < -0.39 is 12.1 Å². The van der Waals surface area contributed by atoms with Crippen molar-refractivity contribution in [1.29, 1.82) is 0 Å². The van der Waals surface area contributed by atoms with E-state index in [1.807, 2.05) is 0 Å². The SMILES string of the molecule is O=C(O)C(F)(F)F.O=c1[nH]nc(CNc2nc(C3CC3)ns2)[nH]1. The maximum absolute atomic E-state index is 10.8. The van der Waals surface area contributed by atoms with Crippen LogP contribution in [-0.4, -0.2) is 41.8 Å². The van der Waals surface area contributed by atoms with Crippen LogP contribution in [0.4, 0.5) is 18.3 Å². The number of halogens is 3. The molecule has 2 heterocycles. The zero-order valence-corrected chi connectivity index (χ0v) is 12.2. The number of nitrogens with zero attached hydrogens (tertiary/aromatic N) is 3. The maximum atomic E-state index is 10.8. The van der Waals surface area contributed by atoms with Crippen molar-refractivity contribution in [2.75, 3.05) is 5.32 Å². The summed E-state index contributed by atoms with van der Waals surface area (Å²) < 4.78 is 36.0. The topological polar surface area (TPSA) is 137 Å². The number of hydrogen-bond acceptors (Lipinski definition) is 7. The summed E-state index contributed by atoms with van der Waals surface area (Å²) in [5.74, 6) is -0.694. The van der Waals surface area contributed by atoms with Crippen molar-refractivity contribution in [2.45, 2.75) is 31.5 Å². The van der Waals surface area contributed by atoms with Gasteiger partial charge in [0, 0.05) is 17.5 Å². The molecule has 1 fully saturated rings. The molecular formula is C10H11F3N6O3S. The predicted molar refractivity (Wildman–Crippen MR) is 72.1 cm³/mol. The van der Waals surface area contributed by atoms with Crippen LogP contribution in [0, 0.1) is 0 Å². The molecule has 0 unspecified atom stereocenters. The van der Waals surface area contributed by atoms with Gasteiger partial charge in [-0.05, 0) is 12.8 Å². The Bertz CT molecular complexity index is 720. The molecule has 0 amide bonds. The molecule has 2 aromatic rings. The van der Waals surface area contributed by atoms with E-state index in [0.717, 1.165) is 11.0 Å². The Morgan fingerprint density at radius 3 is 2.57 bits per heavy atom. The van der Waals surface area contributed by atoms with Gasteiger partial charge in [0.05, 0.1) is 6.54 Å². The summed E-state index contributed by atoms with van der Waals surface area (Å²) in [5.41, 5.74) is -0.298. The number of aromatic nitrogens is 5. The van der Waals surface area contributed by atoms with Crippen LogP contribution in [0.5, 0.6) is 0 Å². The van der Waals surface area contributed by atoms with Crippen molar-refractivity contribution in [3.63, 3.8) is 0 Å². The van der Waals surface area contributed by atoms with Gasteiger partial charge >= 0.3 is 17.8 Å². The molecule has 0 aliphatic heterocycles. The smallest absolute Gasteiger partial charge is 0.475 e.